The maximum absolute atomic E-state index is 5.40. The molecule has 1 aliphatic rings. The van der Waals surface area contributed by atoms with E-state index in [1.54, 1.807) is 14.2 Å². The van der Waals surface area contributed by atoms with Gasteiger partial charge in [-0.3, -0.25) is 4.90 Å². The lowest BCUT2D eigenvalue weighted by atomic mass is 10.3. The van der Waals surface area contributed by atoms with Gasteiger partial charge >= 0.3 is 0 Å². The second kappa shape index (κ2) is 6.87. The van der Waals surface area contributed by atoms with Gasteiger partial charge in [-0.2, -0.15) is 0 Å². The molecular formula is C13H20N2O2S. The first-order valence-electron chi connectivity index (χ1n) is 6.11. The molecule has 2 rings (SSSR count). The molecule has 1 N–H and O–H groups in total. The van der Waals surface area contributed by atoms with Crippen molar-refractivity contribution in [1.29, 1.82) is 0 Å². The van der Waals surface area contributed by atoms with E-state index in [4.69, 9.17) is 9.47 Å². The third-order valence-electron chi connectivity index (χ3n) is 2.98. The lowest BCUT2D eigenvalue weighted by Crippen LogP contribution is -2.43. The maximum atomic E-state index is 5.40. The van der Waals surface area contributed by atoms with Crippen molar-refractivity contribution in [3.05, 3.63) is 18.2 Å². The Morgan fingerprint density at radius 3 is 2.67 bits per heavy atom. The Balaban J connectivity index is 1.95. The van der Waals surface area contributed by atoms with E-state index in [9.17, 15) is 0 Å². The molecule has 1 saturated heterocycles. The highest BCUT2D eigenvalue weighted by atomic mass is 32.2. The molecule has 1 heterocycles. The van der Waals surface area contributed by atoms with Crippen molar-refractivity contribution < 1.29 is 9.47 Å². The quantitative estimate of drug-likeness (QED) is 0.821. The van der Waals surface area contributed by atoms with Gasteiger partial charge in [0.05, 0.1) is 19.1 Å². The molecule has 0 aromatic heterocycles. The number of hydrogen-bond donors (Lipinski definition) is 1. The predicted molar refractivity (Wildman–Crippen MR) is 74.7 cm³/mol. The Hall–Kier alpha value is -0.910. The van der Waals surface area contributed by atoms with Gasteiger partial charge in [0, 0.05) is 38.1 Å². The van der Waals surface area contributed by atoms with Crippen molar-refractivity contribution >= 4 is 11.8 Å². The third-order valence-corrected chi connectivity index (χ3v) is 4.13. The Morgan fingerprint density at radius 2 is 2.00 bits per heavy atom. The van der Waals surface area contributed by atoms with Crippen LogP contribution >= 0.6 is 11.8 Å². The van der Waals surface area contributed by atoms with Crippen LogP contribution in [-0.4, -0.2) is 51.2 Å². The molecule has 1 fully saturated rings. The van der Waals surface area contributed by atoms with Crippen LogP contribution in [0.2, 0.25) is 0 Å². The average molecular weight is 268 g/mol. The summed E-state index contributed by atoms with van der Waals surface area (Å²) in [5, 5.41) is 3.36. The van der Waals surface area contributed by atoms with Gasteiger partial charge in [0.15, 0.2) is 0 Å². The Kier molecular flexibility index (Phi) is 5.16. The van der Waals surface area contributed by atoms with Gasteiger partial charge in [0.1, 0.15) is 11.5 Å². The second-order valence-corrected chi connectivity index (χ2v) is 5.14. The molecule has 0 aliphatic carbocycles. The molecular weight excluding hydrogens is 248 g/mol. The number of benzene rings is 1. The highest BCUT2D eigenvalue weighted by molar-refractivity contribution is 7.99. The number of thioether (sulfide) groups is 1. The van der Waals surface area contributed by atoms with Crippen molar-refractivity contribution in [1.82, 2.24) is 10.2 Å². The first-order valence-corrected chi connectivity index (χ1v) is 7.10. The van der Waals surface area contributed by atoms with Crippen LogP contribution in [0.3, 0.4) is 0 Å². The lowest BCUT2D eigenvalue weighted by molar-refractivity contribution is 0.280. The van der Waals surface area contributed by atoms with Crippen LogP contribution < -0.4 is 14.8 Å². The van der Waals surface area contributed by atoms with Gasteiger partial charge in [0.2, 0.25) is 0 Å². The molecule has 1 aliphatic heterocycles. The molecule has 4 nitrogen and oxygen atoms in total. The highest BCUT2D eigenvalue weighted by Crippen LogP contribution is 2.32. The molecule has 100 valence electrons. The van der Waals surface area contributed by atoms with Crippen LogP contribution in [0.4, 0.5) is 0 Å². The van der Waals surface area contributed by atoms with Crippen LogP contribution in [0.5, 0.6) is 11.5 Å². The number of methoxy groups -OCH3 is 2. The van der Waals surface area contributed by atoms with Gasteiger partial charge in [0.25, 0.3) is 0 Å². The van der Waals surface area contributed by atoms with E-state index in [0.717, 1.165) is 48.5 Å². The minimum Gasteiger partial charge on any atom is -0.497 e. The number of ether oxygens (including phenoxy) is 2. The molecule has 0 atom stereocenters. The number of nitrogens with zero attached hydrogens (tertiary/aromatic N) is 1. The first kappa shape index (κ1) is 13.5. The van der Waals surface area contributed by atoms with Crippen molar-refractivity contribution in [2.75, 3.05) is 46.3 Å². The fourth-order valence-corrected chi connectivity index (χ4v) is 2.92. The number of hydrogen-bond acceptors (Lipinski definition) is 5. The highest BCUT2D eigenvalue weighted by Gasteiger charge is 2.11. The summed E-state index contributed by atoms with van der Waals surface area (Å²) in [6, 6.07) is 5.97. The fourth-order valence-electron chi connectivity index (χ4n) is 1.90. The summed E-state index contributed by atoms with van der Waals surface area (Å²) in [4.78, 5) is 3.61. The molecule has 0 unspecified atom stereocenters. The van der Waals surface area contributed by atoms with Gasteiger partial charge < -0.3 is 14.8 Å². The second-order valence-electron chi connectivity index (χ2n) is 4.16. The molecule has 0 amide bonds. The first-order chi connectivity index (χ1) is 8.83. The largest absolute Gasteiger partial charge is 0.497 e. The van der Waals surface area contributed by atoms with E-state index in [-0.39, 0.29) is 0 Å². The Bertz CT molecular complexity index is 381. The number of nitrogens with one attached hydrogen (secondary N) is 1. The van der Waals surface area contributed by atoms with E-state index in [1.165, 1.54) is 0 Å². The molecule has 0 saturated carbocycles. The minimum atomic E-state index is 0.832. The van der Waals surface area contributed by atoms with Gasteiger partial charge in [-0.15, -0.1) is 11.8 Å². The van der Waals surface area contributed by atoms with Gasteiger partial charge in [-0.05, 0) is 12.1 Å². The Morgan fingerprint density at radius 1 is 1.22 bits per heavy atom. The van der Waals surface area contributed by atoms with Crippen LogP contribution in [-0.2, 0) is 0 Å². The van der Waals surface area contributed by atoms with E-state index in [1.807, 2.05) is 23.9 Å². The summed E-state index contributed by atoms with van der Waals surface area (Å²) in [7, 11) is 3.37. The normalized spacial score (nSPS) is 16.6. The molecule has 1 aromatic carbocycles. The summed E-state index contributed by atoms with van der Waals surface area (Å²) in [5.74, 6) is 2.72. The fraction of sp³-hybridized carbons (Fsp3) is 0.538. The van der Waals surface area contributed by atoms with Crippen LogP contribution in [0.15, 0.2) is 23.1 Å². The van der Waals surface area contributed by atoms with E-state index >= 15 is 0 Å². The summed E-state index contributed by atoms with van der Waals surface area (Å²) in [6.07, 6.45) is 0. The van der Waals surface area contributed by atoms with Gasteiger partial charge in [-0.25, -0.2) is 0 Å². The van der Waals surface area contributed by atoms with Crippen molar-refractivity contribution in [2.45, 2.75) is 4.90 Å². The van der Waals surface area contributed by atoms with E-state index in [0.29, 0.717) is 0 Å². The summed E-state index contributed by atoms with van der Waals surface area (Å²) < 4.78 is 10.6. The third kappa shape index (κ3) is 3.54. The monoisotopic (exact) mass is 268 g/mol. The van der Waals surface area contributed by atoms with Crippen molar-refractivity contribution in [2.24, 2.45) is 0 Å². The van der Waals surface area contributed by atoms with Crippen molar-refractivity contribution in [3.63, 3.8) is 0 Å². The lowest BCUT2D eigenvalue weighted by Gasteiger charge is -2.26. The molecule has 1 aromatic rings. The zero-order valence-electron chi connectivity index (χ0n) is 10.9. The van der Waals surface area contributed by atoms with E-state index < -0.39 is 0 Å². The smallest absolute Gasteiger partial charge is 0.136 e. The molecule has 5 heteroatoms. The van der Waals surface area contributed by atoms with Gasteiger partial charge in [-0.1, -0.05) is 0 Å². The number of rotatable bonds is 5. The topological polar surface area (TPSA) is 33.7 Å². The molecule has 0 spiro atoms. The van der Waals surface area contributed by atoms with E-state index in [2.05, 4.69) is 16.3 Å². The van der Waals surface area contributed by atoms with Crippen LogP contribution in [0.1, 0.15) is 0 Å². The summed E-state index contributed by atoms with van der Waals surface area (Å²) in [5.41, 5.74) is 0. The molecule has 0 bridgehead atoms. The van der Waals surface area contributed by atoms with Crippen molar-refractivity contribution in [3.8, 4) is 11.5 Å². The van der Waals surface area contributed by atoms with Crippen LogP contribution in [0.25, 0.3) is 0 Å². The molecule has 0 radical (unpaired) electrons. The van der Waals surface area contributed by atoms with Crippen LogP contribution in [0, 0.1) is 0 Å². The Labute approximate surface area is 113 Å². The average Bonchev–Trinajstić information content (AvgIpc) is 2.46. The summed E-state index contributed by atoms with van der Waals surface area (Å²) >= 11 is 1.81. The standard InChI is InChI=1S/C13H20N2O2S/c1-16-11-3-4-13(12(9-11)17-2)18-10-15-7-5-14-6-8-15/h3-4,9,14H,5-8,10H2,1-2H3. The summed E-state index contributed by atoms with van der Waals surface area (Å²) in [6.45, 7) is 4.40. The maximum Gasteiger partial charge on any atom is 0.136 e. The zero-order chi connectivity index (χ0) is 12.8. The zero-order valence-corrected chi connectivity index (χ0v) is 11.8. The SMILES string of the molecule is COc1ccc(SCN2CCNCC2)c(OC)c1. The predicted octanol–water partition coefficient (Wildman–Crippen LogP) is 1.66. The minimum absolute atomic E-state index is 0.832. The molecule has 18 heavy (non-hydrogen) atoms. The number of piperazine rings is 1.